The van der Waals surface area contributed by atoms with Gasteiger partial charge in [0.25, 0.3) is 5.91 Å². The Kier molecular flexibility index (Phi) is 6.74. The molecule has 1 aromatic carbocycles. The summed E-state index contributed by atoms with van der Waals surface area (Å²) < 4.78 is 28.1. The van der Waals surface area contributed by atoms with Crippen LogP contribution in [0.5, 0.6) is 0 Å². The maximum Gasteiger partial charge on any atom is 0.254 e. The number of hydrogen-bond acceptors (Lipinski definition) is 5. The lowest BCUT2D eigenvalue weighted by Crippen LogP contribution is -2.49. The van der Waals surface area contributed by atoms with E-state index in [0.29, 0.717) is 43.3 Å². The van der Waals surface area contributed by atoms with E-state index >= 15 is 0 Å². The third kappa shape index (κ3) is 4.63. The Labute approximate surface area is 195 Å². The summed E-state index contributed by atoms with van der Waals surface area (Å²) in [6, 6.07) is 8.57. The zero-order valence-electron chi connectivity index (χ0n) is 18.5. The third-order valence-corrected chi connectivity index (χ3v) is 8.62. The lowest BCUT2D eigenvalue weighted by atomic mass is 10.1. The van der Waals surface area contributed by atoms with Crippen molar-refractivity contribution in [2.45, 2.75) is 44.0 Å². The van der Waals surface area contributed by atoms with Crippen LogP contribution < -0.4 is 4.90 Å². The molecule has 1 unspecified atom stereocenters. The van der Waals surface area contributed by atoms with E-state index < -0.39 is 10.0 Å². The molecular formula is C23H29ClN4O3S. The molecule has 2 fully saturated rings. The van der Waals surface area contributed by atoms with Gasteiger partial charge in [0.2, 0.25) is 10.0 Å². The summed E-state index contributed by atoms with van der Waals surface area (Å²) in [5.74, 6) is 0.705. The number of anilines is 1. The molecular weight excluding hydrogens is 448 g/mol. The molecule has 0 bridgehead atoms. The summed E-state index contributed by atoms with van der Waals surface area (Å²) in [7, 11) is -3.63. The number of sulfonamides is 1. The molecule has 172 valence electrons. The number of carbonyl (C=O) groups excluding carboxylic acids is 1. The highest BCUT2D eigenvalue weighted by atomic mass is 35.5. The van der Waals surface area contributed by atoms with E-state index in [4.69, 9.17) is 11.6 Å². The summed E-state index contributed by atoms with van der Waals surface area (Å²) in [6.45, 7) is 6.73. The van der Waals surface area contributed by atoms with E-state index in [2.05, 4.69) is 9.88 Å². The van der Waals surface area contributed by atoms with Gasteiger partial charge < -0.3 is 9.80 Å². The predicted molar refractivity (Wildman–Crippen MR) is 126 cm³/mol. The van der Waals surface area contributed by atoms with E-state index in [-0.39, 0.29) is 16.8 Å². The van der Waals surface area contributed by atoms with Crippen molar-refractivity contribution in [3.63, 3.8) is 0 Å². The van der Waals surface area contributed by atoms with E-state index in [0.717, 1.165) is 30.6 Å². The second-order valence-corrected chi connectivity index (χ2v) is 10.9. The molecule has 3 heterocycles. The van der Waals surface area contributed by atoms with Gasteiger partial charge in [-0.2, -0.15) is 4.31 Å². The molecule has 32 heavy (non-hydrogen) atoms. The SMILES string of the molecule is Cc1ccc(S(=O)(=O)N2CCCCC2C)cc1C(=O)N1CCN(c2ccc(Cl)cn2)CC1. The molecule has 0 N–H and O–H groups in total. The van der Waals surface area contributed by atoms with Crippen molar-refractivity contribution >= 4 is 33.3 Å². The van der Waals surface area contributed by atoms with Gasteiger partial charge in [0.05, 0.1) is 9.92 Å². The summed E-state index contributed by atoms with van der Waals surface area (Å²) in [6.07, 6.45) is 4.40. The highest BCUT2D eigenvalue weighted by Crippen LogP contribution is 2.27. The minimum absolute atomic E-state index is 0.0243. The number of aromatic nitrogens is 1. The van der Waals surface area contributed by atoms with Crippen LogP contribution in [0.4, 0.5) is 5.82 Å². The third-order valence-electron chi connectivity index (χ3n) is 6.39. The molecule has 0 aliphatic carbocycles. The average Bonchev–Trinajstić information content (AvgIpc) is 2.79. The first kappa shape index (κ1) is 23.0. The molecule has 1 amide bonds. The van der Waals surface area contributed by atoms with Gasteiger partial charge in [0.15, 0.2) is 0 Å². The number of aryl methyl sites for hydroxylation is 1. The minimum atomic E-state index is -3.63. The van der Waals surface area contributed by atoms with Crippen LogP contribution in [0.2, 0.25) is 5.02 Å². The molecule has 1 atom stereocenters. The first-order chi connectivity index (χ1) is 15.3. The summed E-state index contributed by atoms with van der Waals surface area (Å²) >= 11 is 5.92. The zero-order valence-corrected chi connectivity index (χ0v) is 20.1. The number of halogens is 1. The quantitative estimate of drug-likeness (QED) is 0.674. The molecule has 0 spiro atoms. The standard InChI is InChI=1S/C23H29ClN4O3S/c1-17-6-8-20(32(30,31)28-10-4-3-5-18(28)2)15-21(17)23(29)27-13-11-26(12-14-27)22-9-7-19(24)16-25-22/h6-9,15-16,18H,3-5,10-14H2,1-2H3. The Hall–Kier alpha value is -2.16. The highest BCUT2D eigenvalue weighted by Gasteiger charge is 2.32. The highest BCUT2D eigenvalue weighted by molar-refractivity contribution is 7.89. The second-order valence-electron chi connectivity index (χ2n) is 8.55. The topological polar surface area (TPSA) is 73.8 Å². The van der Waals surface area contributed by atoms with E-state index in [1.54, 1.807) is 39.7 Å². The number of piperidine rings is 1. The molecule has 2 aliphatic heterocycles. The van der Waals surface area contributed by atoms with Gasteiger partial charge in [-0.1, -0.05) is 24.1 Å². The van der Waals surface area contributed by atoms with Crippen LogP contribution in [0.15, 0.2) is 41.4 Å². The summed E-state index contributed by atoms with van der Waals surface area (Å²) in [4.78, 5) is 21.7. The largest absolute Gasteiger partial charge is 0.353 e. The van der Waals surface area contributed by atoms with Gasteiger partial charge in [-0.15, -0.1) is 0 Å². The number of nitrogens with zero attached hydrogens (tertiary/aromatic N) is 4. The maximum absolute atomic E-state index is 13.3. The van der Waals surface area contributed by atoms with Gasteiger partial charge >= 0.3 is 0 Å². The monoisotopic (exact) mass is 476 g/mol. The molecule has 4 rings (SSSR count). The van der Waals surface area contributed by atoms with Gasteiger partial charge in [-0.05, 0) is 56.5 Å². The Morgan fingerprint density at radius 2 is 1.81 bits per heavy atom. The maximum atomic E-state index is 13.3. The molecule has 0 saturated carbocycles. The van der Waals surface area contributed by atoms with Crippen molar-refractivity contribution in [1.82, 2.24) is 14.2 Å². The Bertz CT molecular complexity index is 1080. The van der Waals surface area contributed by atoms with E-state index in [9.17, 15) is 13.2 Å². The van der Waals surface area contributed by atoms with Crippen molar-refractivity contribution < 1.29 is 13.2 Å². The first-order valence-electron chi connectivity index (χ1n) is 11.1. The Balaban J connectivity index is 1.50. The number of amides is 1. The van der Waals surface area contributed by atoms with Gasteiger partial charge in [0.1, 0.15) is 5.82 Å². The summed E-state index contributed by atoms with van der Waals surface area (Å²) in [5.41, 5.74) is 1.23. The zero-order chi connectivity index (χ0) is 22.9. The molecule has 2 aliphatic rings. The lowest BCUT2D eigenvalue weighted by molar-refractivity contribution is 0.0745. The van der Waals surface area contributed by atoms with Gasteiger partial charge in [0, 0.05) is 50.5 Å². The van der Waals surface area contributed by atoms with Crippen molar-refractivity contribution in [2.75, 3.05) is 37.6 Å². The number of piperazine rings is 1. The first-order valence-corrected chi connectivity index (χ1v) is 12.9. The van der Waals surface area contributed by atoms with E-state index in [1.165, 1.54) is 0 Å². The second kappa shape index (κ2) is 9.37. The molecule has 2 aromatic rings. The fourth-order valence-electron chi connectivity index (χ4n) is 4.42. The lowest BCUT2D eigenvalue weighted by Gasteiger charge is -2.36. The number of hydrogen-bond donors (Lipinski definition) is 0. The van der Waals surface area contributed by atoms with Crippen LogP contribution in [0.1, 0.15) is 42.1 Å². The molecule has 9 heteroatoms. The van der Waals surface area contributed by atoms with E-state index in [1.807, 2.05) is 19.9 Å². The van der Waals surface area contributed by atoms with Crippen molar-refractivity contribution in [3.8, 4) is 0 Å². The van der Waals surface area contributed by atoms with Crippen LogP contribution in [0, 0.1) is 6.92 Å². The molecule has 7 nitrogen and oxygen atoms in total. The molecule has 2 saturated heterocycles. The van der Waals surface area contributed by atoms with Crippen LogP contribution >= 0.6 is 11.6 Å². The Morgan fingerprint density at radius 1 is 1.06 bits per heavy atom. The van der Waals surface area contributed by atoms with Crippen molar-refractivity contribution in [2.24, 2.45) is 0 Å². The van der Waals surface area contributed by atoms with Gasteiger partial charge in [-0.3, -0.25) is 4.79 Å². The minimum Gasteiger partial charge on any atom is -0.353 e. The fraction of sp³-hybridized carbons (Fsp3) is 0.478. The normalized spacial score (nSPS) is 20.4. The van der Waals surface area contributed by atoms with Gasteiger partial charge in [-0.25, -0.2) is 13.4 Å². The predicted octanol–water partition coefficient (Wildman–Crippen LogP) is 3.57. The smallest absolute Gasteiger partial charge is 0.254 e. The number of rotatable bonds is 4. The fourth-order valence-corrected chi connectivity index (χ4v) is 6.26. The van der Waals surface area contributed by atoms with Crippen LogP contribution in [0.3, 0.4) is 0 Å². The average molecular weight is 477 g/mol. The van der Waals surface area contributed by atoms with Crippen molar-refractivity contribution in [1.29, 1.82) is 0 Å². The van der Waals surface area contributed by atoms with Crippen molar-refractivity contribution in [3.05, 3.63) is 52.7 Å². The molecule has 1 aromatic heterocycles. The Morgan fingerprint density at radius 3 is 2.47 bits per heavy atom. The summed E-state index contributed by atoms with van der Waals surface area (Å²) in [5, 5.41) is 0.590. The van der Waals surface area contributed by atoms with Crippen LogP contribution in [0.25, 0.3) is 0 Å². The van der Waals surface area contributed by atoms with Crippen LogP contribution in [-0.2, 0) is 10.0 Å². The number of carbonyl (C=O) groups is 1. The molecule has 0 radical (unpaired) electrons. The number of benzene rings is 1. The van der Waals surface area contributed by atoms with Crippen LogP contribution in [-0.4, -0.2) is 67.3 Å². The number of pyridine rings is 1.